The molecule has 176 valence electrons. The molecule has 1 saturated heterocycles. The molecule has 1 atom stereocenters. The van der Waals surface area contributed by atoms with E-state index in [0.717, 1.165) is 30.6 Å². The number of nitrogens with one attached hydrogen (secondary N) is 1. The first kappa shape index (κ1) is 25.2. The van der Waals surface area contributed by atoms with Crippen molar-refractivity contribution < 1.29 is 27.2 Å². The molecule has 0 aromatic heterocycles. The highest BCUT2D eigenvalue weighted by molar-refractivity contribution is 7.99. The first-order valence-electron chi connectivity index (χ1n) is 10.1. The van der Waals surface area contributed by atoms with Crippen LogP contribution in [-0.4, -0.2) is 49.5 Å². The van der Waals surface area contributed by atoms with Crippen molar-refractivity contribution in [3.05, 3.63) is 54.1 Å². The van der Waals surface area contributed by atoms with Gasteiger partial charge in [-0.1, -0.05) is 18.2 Å². The number of halogens is 3. The van der Waals surface area contributed by atoms with E-state index in [1.54, 1.807) is 11.8 Å². The number of nitrogens with zero attached hydrogens (tertiary/aromatic N) is 1. The number of alkyl halides is 3. The molecule has 1 aliphatic rings. The Kier molecular flexibility index (Phi) is 9.97. The molecule has 0 spiro atoms. The van der Waals surface area contributed by atoms with Gasteiger partial charge < -0.3 is 10.1 Å². The maximum atomic E-state index is 13.8. The second kappa shape index (κ2) is 12.7. The minimum absolute atomic E-state index is 0.0381. The fraction of sp³-hybridized carbons (Fsp3) is 0.429. The zero-order chi connectivity index (χ0) is 22.8. The Morgan fingerprint density at radius 3 is 2.53 bits per heavy atom. The number of anilines is 1. The highest BCUT2D eigenvalue weighted by Crippen LogP contribution is 2.38. The molecule has 0 bridgehead atoms. The predicted octanol–water partition coefficient (Wildman–Crippen LogP) is 4.83. The summed E-state index contributed by atoms with van der Waals surface area (Å²) in [5.41, 5.74) is -0.722. The molecule has 2 aromatic rings. The molecule has 11 heteroatoms. The molecular weight excluding hydrogens is 463 g/mol. The van der Waals surface area contributed by atoms with Crippen LogP contribution >= 0.6 is 23.8 Å². The number of hydrogen-bond acceptors (Lipinski definition) is 8. The predicted molar refractivity (Wildman–Crippen MR) is 120 cm³/mol. The number of rotatable bonds is 11. The van der Waals surface area contributed by atoms with E-state index in [1.165, 1.54) is 12.1 Å². The van der Waals surface area contributed by atoms with Crippen LogP contribution in [0.2, 0.25) is 0 Å². The zero-order valence-electron chi connectivity index (χ0n) is 17.3. The van der Waals surface area contributed by atoms with Crippen molar-refractivity contribution in [3.63, 3.8) is 0 Å². The van der Waals surface area contributed by atoms with Crippen molar-refractivity contribution in [1.29, 1.82) is 0 Å². The second-order valence-corrected chi connectivity index (χ2v) is 9.03. The fourth-order valence-electron chi connectivity index (χ4n) is 3.29. The molecule has 2 aromatic carbocycles. The summed E-state index contributed by atoms with van der Waals surface area (Å²) >= 11 is 2.24. The summed E-state index contributed by atoms with van der Waals surface area (Å²) in [5.74, 6) is 5.41. The van der Waals surface area contributed by atoms with Crippen LogP contribution in [0, 0.1) is 0 Å². The van der Waals surface area contributed by atoms with Crippen LogP contribution < -0.4 is 11.2 Å². The molecule has 0 saturated carbocycles. The quantitative estimate of drug-likeness (QED) is 0.201. The summed E-state index contributed by atoms with van der Waals surface area (Å²) in [6, 6.07) is 13.6. The van der Waals surface area contributed by atoms with Crippen LogP contribution in [0.3, 0.4) is 0 Å². The Bertz CT molecular complexity index is 825. The van der Waals surface area contributed by atoms with Crippen LogP contribution in [0.4, 0.5) is 18.9 Å². The number of morpholine rings is 1. The van der Waals surface area contributed by atoms with E-state index in [9.17, 15) is 13.2 Å². The van der Waals surface area contributed by atoms with Gasteiger partial charge in [-0.25, -0.2) is 0 Å². The minimum Gasteiger partial charge on any atom is -0.381 e. The lowest BCUT2D eigenvalue weighted by Crippen LogP contribution is -2.39. The van der Waals surface area contributed by atoms with E-state index >= 15 is 0 Å². The highest BCUT2D eigenvalue weighted by atomic mass is 32.2. The van der Waals surface area contributed by atoms with E-state index in [4.69, 9.17) is 10.6 Å². The van der Waals surface area contributed by atoms with Gasteiger partial charge in [0.25, 0.3) is 0 Å². The van der Waals surface area contributed by atoms with Crippen molar-refractivity contribution in [2.24, 2.45) is 5.90 Å². The minimum atomic E-state index is -4.52. The summed E-state index contributed by atoms with van der Waals surface area (Å²) in [6.07, 6.45) is -3.82. The maximum absolute atomic E-state index is 13.8. The average molecular weight is 490 g/mol. The molecule has 32 heavy (non-hydrogen) atoms. The van der Waals surface area contributed by atoms with Crippen LogP contribution in [0.5, 0.6) is 0 Å². The first-order chi connectivity index (χ1) is 15.5. The molecule has 6 nitrogen and oxygen atoms in total. The molecule has 0 aliphatic carbocycles. The standard InChI is InChI=1S/C21H26F3N3O3S2/c22-21(23,24)19-14-18(32-30-29-25)6-7-20(19)26-16(8-9-27-10-12-28-13-11-27)15-31-17-4-2-1-3-5-17/h1-7,14,16,26H,8-13,15,25H2/t16-/m1/s1. The van der Waals surface area contributed by atoms with Crippen molar-refractivity contribution in [1.82, 2.24) is 4.90 Å². The lowest BCUT2D eigenvalue weighted by molar-refractivity contribution is -0.195. The SMILES string of the molecule is NOOSc1ccc(N[C@H](CCN2CCOCC2)CSc2ccccc2)c(C(F)(F)F)c1. The van der Waals surface area contributed by atoms with Crippen molar-refractivity contribution >= 4 is 29.5 Å². The summed E-state index contributed by atoms with van der Waals surface area (Å²) in [5, 5.41) is 3.14. The summed E-state index contributed by atoms with van der Waals surface area (Å²) < 4.78 is 51.1. The third kappa shape index (κ3) is 8.14. The molecular formula is C21H26F3N3O3S2. The fourth-order valence-corrected chi connectivity index (χ4v) is 4.69. The van der Waals surface area contributed by atoms with Gasteiger partial charge in [0.05, 0.1) is 30.8 Å². The molecule has 1 heterocycles. The Labute approximate surface area is 194 Å². The van der Waals surface area contributed by atoms with Crippen LogP contribution in [0.1, 0.15) is 12.0 Å². The molecule has 3 N–H and O–H groups in total. The Hall–Kier alpha value is -1.47. The lowest BCUT2D eigenvalue weighted by Gasteiger charge is -2.29. The van der Waals surface area contributed by atoms with Gasteiger partial charge in [-0.05, 0) is 36.8 Å². The second-order valence-electron chi connectivity index (χ2n) is 7.16. The van der Waals surface area contributed by atoms with Gasteiger partial charge in [-0.2, -0.15) is 19.1 Å². The smallest absolute Gasteiger partial charge is 0.381 e. The third-order valence-electron chi connectivity index (χ3n) is 4.92. The van der Waals surface area contributed by atoms with E-state index in [-0.39, 0.29) is 16.6 Å². The summed E-state index contributed by atoms with van der Waals surface area (Å²) in [6.45, 7) is 3.82. The summed E-state index contributed by atoms with van der Waals surface area (Å²) in [4.78, 5) is 7.57. The van der Waals surface area contributed by atoms with Gasteiger partial charge in [0, 0.05) is 46.9 Å². The van der Waals surface area contributed by atoms with Crippen molar-refractivity contribution in [3.8, 4) is 0 Å². The maximum Gasteiger partial charge on any atom is 0.418 e. The van der Waals surface area contributed by atoms with Crippen LogP contribution in [0.15, 0.2) is 58.3 Å². The first-order valence-corrected chi connectivity index (χ1v) is 11.8. The van der Waals surface area contributed by atoms with E-state index in [2.05, 4.69) is 19.5 Å². The van der Waals surface area contributed by atoms with Gasteiger partial charge in [0.2, 0.25) is 0 Å². The van der Waals surface area contributed by atoms with Gasteiger partial charge in [0.1, 0.15) is 0 Å². The topological polar surface area (TPSA) is 69.0 Å². The molecule has 0 radical (unpaired) electrons. The molecule has 1 aliphatic heterocycles. The highest BCUT2D eigenvalue weighted by Gasteiger charge is 2.34. The molecule has 0 unspecified atom stereocenters. The van der Waals surface area contributed by atoms with E-state index in [1.807, 2.05) is 30.3 Å². The van der Waals surface area contributed by atoms with Crippen molar-refractivity contribution in [2.45, 2.75) is 28.4 Å². The van der Waals surface area contributed by atoms with Gasteiger partial charge in [-0.15, -0.1) is 21.1 Å². The number of thioether (sulfide) groups is 1. The van der Waals surface area contributed by atoms with E-state index < -0.39 is 11.7 Å². The lowest BCUT2D eigenvalue weighted by atomic mass is 10.1. The number of benzene rings is 2. The molecule has 3 rings (SSSR count). The van der Waals surface area contributed by atoms with E-state index in [0.29, 0.717) is 37.4 Å². The monoisotopic (exact) mass is 489 g/mol. The van der Waals surface area contributed by atoms with Crippen LogP contribution in [-0.2, 0) is 20.2 Å². The Morgan fingerprint density at radius 2 is 1.84 bits per heavy atom. The van der Waals surface area contributed by atoms with Crippen molar-refractivity contribution in [2.75, 3.05) is 43.9 Å². The normalized spacial score (nSPS) is 16.1. The molecule has 0 amide bonds. The van der Waals surface area contributed by atoms with Gasteiger partial charge in [0.15, 0.2) is 0 Å². The number of nitrogens with two attached hydrogens (primary N) is 1. The third-order valence-corrected chi connectivity index (χ3v) is 6.69. The zero-order valence-corrected chi connectivity index (χ0v) is 19.0. The summed E-state index contributed by atoms with van der Waals surface area (Å²) in [7, 11) is 0. The number of ether oxygens (including phenoxy) is 1. The number of hydrogen-bond donors (Lipinski definition) is 2. The van der Waals surface area contributed by atoms with Crippen LogP contribution in [0.25, 0.3) is 0 Å². The Balaban J connectivity index is 1.73. The largest absolute Gasteiger partial charge is 0.418 e. The Morgan fingerprint density at radius 1 is 1.09 bits per heavy atom. The van der Waals surface area contributed by atoms with Gasteiger partial charge in [-0.3, -0.25) is 4.90 Å². The molecule has 1 fully saturated rings. The average Bonchev–Trinajstić information content (AvgIpc) is 2.80. The van der Waals surface area contributed by atoms with Gasteiger partial charge >= 0.3 is 6.18 Å².